The van der Waals surface area contributed by atoms with E-state index in [4.69, 9.17) is 18.9 Å². The molecule has 1 fully saturated rings. The summed E-state index contributed by atoms with van der Waals surface area (Å²) in [4.78, 5) is 7.38. The van der Waals surface area contributed by atoms with Crippen LogP contribution < -0.4 is 10.1 Å². The highest BCUT2D eigenvalue weighted by atomic mass is 16.5. The molecule has 29 heavy (non-hydrogen) atoms. The van der Waals surface area contributed by atoms with Crippen LogP contribution in [-0.2, 0) is 4.74 Å². The second-order valence-corrected chi connectivity index (χ2v) is 7.52. The Morgan fingerprint density at radius 1 is 1.03 bits per heavy atom. The summed E-state index contributed by atoms with van der Waals surface area (Å²) in [6.07, 6.45) is 0. The Bertz CT molecular complexity index is 1050. The molecule has 0 radical (unpaired) electrons. The van der Waals surface area contributed by atoms with Crippen LogP contribution in [0.25, 0.3) is 22.3 Å². The van der Waals surface area contributed by atoms with Gasteiger partial charge in [-0.1, -0.05) is 6.07 Å². The number of morpholine rings is 1. The fourth-order valence-corrected chi connectivity index (χ4v) is 3.84. The van der Waals surface area contributed by atoms with Crippen LogP contribution in [0.5, 0.6) is 5.75 Å². The zero-order valence-electron chi connectivity index (χ0n) is 17.4. The highest BCUT2D eigenvalue weighted by Crippen LogP contribution is 2.26. The minimum Gasteiger partial charge on any atom is -0.497 e. The van der Waals surface area contributed by atoms with E-state index < -0.39 is 0 Å². The first-order valence-electron chi connectivity index (χ1n) is 10.1. The number of nitrogens with zero attached hydrogens (tertiary/aromatic N) is 2. The maximum absolute atomic E-state index is 6.29. The third-order valence-electron chi connectivity index (χ3n) is 5.36. The molecule has 1 aliphatic heterocycles. The van der Waals surface area contributed by atoms with E-state index in [1.807, 2.05) is 24.3 Å². The monoisotopic (exact) mass is 392 g/mol. The van der Waals surface area contributed by atoms with Crippen molar-refractivity contribution in [2.45, 2.75) is 13.8 Å². The second-order valence-electron chi connectivity index (χ2n) is 7.52. The van der Waals surface area contributed by atoms with Crippen LogP contribution in [0.15, 0.2) is 51.9 Å². The van der Waals surface area contributed by atoms with Crippen LogP contribution in [0.3, 0.4) is 0 Å². The van der Waals surface area contributed by atoms with Gasteiger partial charge in [-0.25, -0.2) is 0 Å². The van der Waals surface area contributed by atoms with Gasteiger partial charge in [-0.05, 0) is 55.3 Å². The lowest BCUT2D eigenvalue weighted by atomic mass is 10.0. The largest absolute Gasteiger partial charge is 0.497 e. The standard InChI is InChI=1S/C24H28N2O3/c1-17-14-18(2)24-21(25-8-9-26-10-12-28-13-11-26)16-22(29-23(24)15-17)19-4-6-20(27-3)7-5-19/h4-7,14-16H,8-13H2,1-3H3. The van der Waals surface area contributed by atoms with Gasteiger partial charge in [0.05, 0.1) is 32.2 Å². The summed E-state index contributed by atoms with van der Waals surface area (Å²) in [6, 6.07) is 14.3. The number of hydrogen-bond donors (Lipinski definition) is 0. The average molecular weight is 392 g/mol. The quantitative estimate of drug-likeness (QED) is 0.659. The number of fused-ring (bicyclic) bond motifs is 1. The van der Waals surface area contributed by atoms with E-state index in [-0.39, 0.29) is 0 Å². The molecule has 5 nitrogen and oxygen atoms in total. The van der Waals surface area contributed by atoms with Crippen molar-refractivity contribution in [3.8, 4) is 17.1 Å². The summed E-state index contributed by atoms with van der Waals surface area (Å²) < 4.78 is 17.0. The Kier molecular flexibility index (Phi) is 5.97. The molecule has 0 saturated carbocycles. The summed E-state index contributed by atoms with van der Waals surface area (Å²) in [5, 5.41) is 2.08. The molecule has 1 aliphatic rings. The van der Waals surface area contributed by atoms with Crippen molar-refractivity contribution < 1.29 is 13.9 Å². The van der Waals surface area contributed by atoms with Crippen molar-refractivity contribution >= 4 is 11.0 Å². The number of rotatable bonds is 5. The van der Waals surface area contributed by atoms with Gasteiger partial charge in [0.15, 0.2) is 0 Å². The van der Waals surface area contributed by atoms with E-state index in [0.717, 1.165) is 72.8 Å². The molecule has 0 atom stereocenters. The molecule has 0 aliphatic carbocycles. The third kappa shape index (κ3) is 4.52. The van der Waals surface area contributed by atoms with Crippen molar-refractivity contribution in [3.63, 3.8) is 0 Å². The Morgan fingerprint density at radius 3 is 2.52 bits per heavy atom. The van der Waals surface area contributed by atoms with Crippen molar-refractivity contribution in [2.75, 3.05) is 46.5 Å². The lowest BCUT2D eigenvalue weighted by molar-refractivity contribution is 0.0394. The first-order chi connectivity index (χ1) is 14.1. The molecule has 2 heterocycles. The topological polar surface area (TPSA) is 47.2 Å². The number of hydrogen-bond acceptors (Lipinski definition) is 5. The highest BCUT2D eigenvalue weighted by molar-refractivity contribution is 5.82. The minimum absolute atomic E-state index is 0.758. The van der Waals surface area contributed by atoms with E-state index in [2.05, 4.69) is 36.9 Å². The van der Waals surface area contributed by atoms with Gasteiger partial charge in [-0.2, -0.15) is 0 Å². The van der Waals surface area contributed by atoms with Gasteiger partial charge in [0.1, 0.15) is 17.1 Å². The summed E-state index contributed by atoms with van der Waals surface area (Å²) in [5.74, 6) is 1.65. The SMILES string of the molecule is COc1ccc(-c2cc(=NCCN3CCOCC3)c3c(C)cc(C)cc3o2)cc1. The van der Waals surface area contributed by atoms with Gasteiger partial charge in [0, 0.05) is 36.7 Å². The third-order valence-corrected chi connectivity index (χ3v) is 5.36. The maximum atomic E-state index is 6.29. The minimum atomic E-state index is 0.758. The average Bonchev–Trinajstić information content (AvgIpc) is 2.74. The van der Waals surface area contributed by atoms with Crippen LogP contribution in [0.2, 0.25) is 0 Å². The predicted molar refractivity (Wildman–Crippen MR) is 115 cm³/mol. The van der Waals surface area contributed by atoms with E-state index >= 15 is 0 Å². The van der Waals surface area contributed by atoms with Crippen LogP contribution in [-0.4, -0.2) is 51.4 Å². The van der Waals surface area contributed by atoms with Gasteiger partial charge in [-0.3, -0.25) is 9.89 Å². The second kappa shape index (κ2) is 8.80. The van der Waals surface area contributed by atoms with Crippen LogP contribution in [0, 0.1) is 13.8 Å². The molecule has 0 spiro atoms. The molecule has 0 amide bonds. The van der Waals surface area contributed by atoms with Crippen molar-refractivity contribution in [1.29, 1.82) is 0 Å². The normalized spacial score (nSPS) is 15.8. The first-order valence-corrected chi connectivity index (χ1v) is 10.1. The first kappa shape index (κ1) is 19.7. The number of methoxy groups -OCH3 is 1. The molecule has 2 aromatic carbocycles. The summed E-state index contributed by atoms with van der Waals surface area (Å²) in [7, 11) is 1.67. The smallest absolute Gasteiger partial charge is 0.137 e. The molecule has 0 unspecified atom stereocenters. The van der Waals surface area contributed by atoms with Crippen molar-refractivity contribution in [3.05, 3.63) is 58.9 Å². The number of benzene rings is 2. The number of ether oxygens (including phenoxy) is 2. The lowest BCUT2D eigenvalue weighted by Gasteiger charge is -2.25. The van der Waals surface area contributed by atoms with Crippen LogP contribution in [0.4, 0.5) is 0 Å². The highest BCUT2D eigenvalue weighted by Gasteiger charge is 2.11. The van der Waals surface area contributed by atoms with Crippen LogP contribution >= 0.6 is 0 Å². The molecule has 152 valence electrons. The van der Waals surface area contributed by atoms with Gasteiger partial charge in [-0.15, -0.1) is 0 Å². The Balaban J connectivity index is 1.74. The van der Waals surface area contributed by atoms with Crippen molar-refractivity contribution in [2.24, 2.45) is 4.99 Å². The molecular formula is C24H28N2O3. The van der Waals surface area contributed by atoms with Crippen LogP contribution in [0.1, 0.15) is 11.1 Å². The van der Waals surface area contributed by atoms with Gasteiger partial charge in [0.25, 0.3) is 0 Å². The molecule has 1 saturated heterocycles. The maximum Gasteiger partial charge on any atom is 0.137 e. The molecule has 5 heteroatoms. The molecule has 0 bridgehead atoms. The van der Waals surface area contributed by atoms with E-state index in [1.54, 1.807) is 7.11 Å². The Hall–Kier alpha value is -2.63. The summed E-state index contributed by atoms with van der Waals surface area (Å²) >= 11 is 0. The van der Waals surface area contributed by atoms with E-state index in [9.17, 15) is 0 Å². The van der Waals surface area contributed by atoms with Gasteiger partial charge in [0.2, 0.25) is 0 Å². The zero-order chi connectivity index (χ0) is 20.2. The Labute approximate surface area is 171 Å². The van der Waals surface area contributed by atoms with E-state index in [1.165, 1.54) is 11.1 Å². The number of aryl methyl sites for hydroxylation is 2. The molecule has 0 N–H and O–H groups in total. The molecular weight excluding hydrogens is 364 g/mol. The van der Waals surface area contributed by atoms with Gasteiger partial charge >= 0.3 is 0 Å². The van der Waals surface area contributed by atoms with E-state index in [0.29, 0.717) is 0 Å². The summed E-state index contributed by atoms with van der Waals surface area (Å²) in [5.41, 5.74) is 4.26. The fraction of sp³-hybridized carbons (Fsp3) is 0.375. The summed E-state index contributed by atoms with van der Waals surface area (Å²) in [6.45, 7) is 9.51. The molecule has 3 aromatic rings. The Morgan fingerprint density at radius 2 is 1.79 bits per heavy atom. The molecule has 4 rings (SSSR count). The molecule has 1 aromatic heterocycles. The van der Waals surface area contributed by atoms with Gasteiger partial charge < -0.3 is 13.9 Å². The zero-order valence-corrected chi connectivity index (χ0v) is 17.4. The fourth-order valence-electron chi connectivity index (χ4n) is 3.84. The predicted octanol–water partition coefficient (Wildman–Crippen LogP) is 3.96. The van der Waals surface area contributed by atoms with Crippen molar-refractivity contribution in [1.82, 2.24) is 4.90 Å². The lowest BCUT2D eigenvalue weighted by Crippen LogP contribution is -2.37.